The number of benzene rings is 1. The zero-order valence-corrected chi connectivity index (χ0v) is 13.6. The van der Waals surface area contributed by atoms with Crippen molar-refractivity contribution in [3.05, 3.63) is 45.9 Å². The summed E-state index contributed by atoms with van der Waals surface area (Å²) in [4.78, 5) is 5.68. The molecule has 0 aliphatic rings. The van der Waals surface area contributed by atoms with Gasteiger partial charge in [0.25, 0.3) is 0 Å². The fraction of sp³-hybridized carbons (Fsp3) is 0.400. The molecule has 19 heavy (non-hydrogen) atoms. The second kappa shape index (κ2) is 7.06. The van der Waals surface area contributed by atoms with Gasteiger partial charge in [0.1, 0.15) is 5.75 Å². The van der Waals surface area contributed by atoms with Gasteiger partial charge in [0.2, 0.25) is 0 Å². The lowest BCUT2D eigenvalue weighted by molar-refractivity contribution is 0.406. The Morgan fingerprint density at radius 2 is 2.11 bits per heavy atom. The van der Waals surface area contributed by atoms with Crippen LogP contribution in [0.1, 0.15) is 15.4 Å². The summed E-state index contributed by atoms with van der Waals surface area (Å²) in [5, 5.41) is 2.13. The van der Waals surface area contributed by atoms with Gasteiger partial charge in [0.05, 0.1) is 12.1 Å². The SMILES string of the molecule is COc1ccccc1CC(CBr)Cc1cnc(C)s1. The highest BCUT2D eigenvalue weighted by atomic mass is 79.9. The van der Waals surface area contributed by atoms with Crippen molar-refractivity contribution in [1.82, 2.24) is 4.98 Å². The van der Waals surface area contributed by atoms with Crippen LogP contribution in [-0.4, -0.2) is 17.4 Å². The Hall–Kier alpha value is -0.870. The molecule has 1 heterocycles. The number of nitrogens with zero attached hydrogens (tertiary/aromatic N) is 1. The number of aromatic nitrogens is 1. The molecule has 0 fully saturated rings. The molecule has 1 aromatic carbocycles. The third kappa shape index (κ3) is 4.05. The van der Waals surface area contributed by atoms with Crippen LogP contribution in [0.5, 0.6) is 5.75 Å². The van der Waals surface area contributed by atoms with Crippen LogP contribution < -0.4 is 4.74 Å². The van der Waals surface area contributed by atoms with Gasteiger partial charge in [0.15, 0.2) is 0 Å². The summed E-state index contributed by atoms with van der Waals surface area (Å²) in [6, 6.07) is 8.25. The Labute approximate surface area is 127 Å². The number of hydrogen-bond acceptors (Lipinski definition) is 3. The van der Waals surface area contributed by atoms with Gasteiger partial charge in [-0.15, -0.1) is 11.3 Å². The highest BCUT2D eigenvalue weighted by Gasteiger charge is 2.13. The number of methoxy groups -OCH3 is 1. The zero-order valence-electron chi connectivity index (χ0n) is 11.2. The summed E-state index contributed by atoms with van der Waals surface area (Å²) < 4.78 is 5.42. The monoisotopic (exact) mass is 339 g/mol. The van der Waals surface area contributed by atoms with E-state index in [9.17, 15) is 0 Å². The highest BCUT2D eigenvalue weighted by molar-refractivity contribution is 9.09. The number of hydrogen-bond donors (Lipinski definition) is 0. The molecule has 0 saturated carbocycles. The first-order valence-electron chi connectivity index (χ1n) is 6.32. The maximum Gasteiger partial charge on any atom is 0.122 e. The van der Waals surface area contributed by atoms with E-state index in [4.69, 9.17) is 4.74 Å². The van der Waals surface area contributed by atoms with Gasteiger partial charge in [-0.3, -0.25) is 0 Å². The summed E-state index contributed by atoms with van der Waals surface area (Å²) in [6.45, 7) is 2.05. The summed E-state index contributed by atoms with van der Waals surface area (Å²) in [6.07, 6.45) is 4.08. The number of rotatable bonds is 6. The maximum atomic E-state index is 5.42. The van der Waals surface area contributed by atoms with Crippen molar-refractivity contribution in [2.75, 3.05) is 12.4 Å². The Kier molecular flexibility index (Phi) is 5.40. The van der Waals surface area contributed by atoms with Gasteiger partial charge in [-0.25, -0.2) is 4.98 Å². The van der Waals surface area contributed by atoms with E-state index >= 15 is 0 Å². The van der Waals surface area contributed by atoms with E-state index in [-0.39, 0.29) is 0 Å². The van der Waals surface area contributed by atoms with Crippen LogP contribution in [0.3, 0.4) is 0 Å². The average molecular weight is 340 g/mol. The van der Waals surface area contributed by atoms with Gasteiger partial charge in [-0.05, 0) is 37.3 Å². The van der Waals surface area contributed by atoms with Crippen LogP contribution in [0.15, 0.2) is 30.5 Å². The number of thiazole rings is 1. The Morgan fingerprint density at radius 3 is 2.74 bits per heavy atom. The summed E-state index contributed by atoms with van der Waals surface area (Å²) in [5.41, 5.74) is 1.27. The fourth-order valence-corrected chi connectivity index (χ4v) is 3.52. The number of ether oxygens (including phenoxy) is 1. The lowest BCUT2D eigenvalue weighted by Crippen LogP contribution is -2.10. The van der Waals surface area contributed by atoms with Crippen LogP contribution in [0.2, 0.25) is 0 Å². The molecule has 4 heteroatoms. The third-order valence-corrected chi connectivity index (χ3v) is 4.93. The Balaban J connectivity index is 2.06. The molecule has 0 aliphatic carbocycles. The average Bonchev–Trinajstić information content (AvgIpc) is 2.84. The first-order chi connectivity index (χ1) is 9.22. The van der Waals surface area contributed by atoms with Crippen molar-refractivity contribution in [3.63, 3.8) is 0 Å². The Morgan fingerprint density at radius 1 is 1.32 bits per heavy atom. The van der Waals surface area contributed by atoms with Crippen LogP contribution in [0, 0.1) is 12.8 Å². The molecule has 0 N–H and O–H groups in total. The molecule has 2 nitrogen and oxygen atoms in total. The molecule has 0 bridgehead atoms. The smallest absolute Gasteiger partial charge is 0.122 e. The van der Waals surface area contributed by atoms with Crippen molar-refractivity contribution < 1.29 is 4.74 Å². The van der Waals surface area contributed by atoms with Crippen molar-refractivity contribution in [1.29, 1.82) is 0 Å². The number of alkyl halides is 1. The topological polar surface area (TPSA) is 22.1 Å². The normalized spacial score (nSPS) is 12.4. The standard InChI is InChI=1S/C15H18BrNOS/c1-11-17-10-14(19-11)8-12(9-16)7-13-5-3-4-6-15(13)18-2/h3-6,10,12H,7-9H2,1-2H3. The molecule has 1 unspecified atom stereocenters. The molecule has 0 amide bonds. The first kappa shape index (κ1) is 14.5. The van der Waals surface area contributed by atoms with E-state index in [1.807, 2.05) is 18.3 Å². The molecule has 0 aliphatic heterocycles. The van der Waals surface area contributed by atoms with Crippen molar-refractivity contribution in [3.8, 4) is 5.75 Å². The summed E-state index contributed by atoms with van der Waals surface area (Å²) in [5.74, 6) is 1.55. The van der Waals surface area contributed by atoms with E-state index in [2.05, 4.69) is 40.0 Å². The number of aryl methyl sites for hydroxylation is 1. The van der Waals surface area contributed by atoms with E-state index in [1.165, 1.54) is 10.4 Å². The molecule has 0 radical (unpaired) electrons. The van der Waals surface area contributed by atoms with Crippen LogP contribution in [0.4, 0.5) is 0 Å². The van der Waals surface area contributed by atoms with Gasteiger partial charge >= 0.3 is 0 Å². The van der Waals surface area contributed by atoms with Crippen LogP contribution >= 0.6 is 27.3 Å². The lowest BCUT2D eigenvalue weighted by Gasteiger charge is -2.15. The molecule has 1 atom stereocenters. The summed E-state index contributed by atoms with van der Waals surface area (Å²) >= 11 is 5.42. The maximum absolute atomic E-state index is 5.42. The number of para-hydroxylation sites is 1. The van der Waals surface area contributed by atoms with Crippen molar-refractivity contribution >= 4 is 27.3 Å². The molecular formula is C15H18BrNOS. The molecule has 2 aromatic rings. The first-order valence-corrected chi connectivity index (χ1v) is 8.26. The molecule has 2 rings (SSSR count). The third-order valence-electron chi connectivity index (χ3n) is 3.08. The Bertz CT molecular complexity index is 526. The van der Waals surface area contributed by atoms with Crippen molar-refractivity contribution in [2.24, 2.45) is 5.92 Å². The molecule has 1 aromatic heterocycles. The fourth-order valence-electron chi connectivity index (χ4n) is 2.15. The van der Waals surface area contributed by atoms with E-state index < -0.39 is 0 Å². The summed E-state index contributed by atoms with van der Waals surface area (Å²) in [7, 11) is 1.73. The predicted octanol–water partition coefficient (Wildman–Crippen LogP) is 4.26. The van der Waals surface area contributed by atoms with Crippen LogP contribution in [0.25, 0.3) is 0 Å². The quantitative estimate of drug-likeness (QED) is 0.733. The van der Waals surface area contributed by atoms with E-state index in [0.29, 0.717) is 5.92 Å². The van der Waals surface area contributed by atoms with Gasteiger partial charge in [-0.1, -0.05) is 34.1 Å². The molecular weight excluding hydrogens is 322 g/mol. The predicted molar refractivity (Wildman–Crippen MR) is 84.5 cm³/mol. The minimum atomic E-state index is 0.566. The molecule has 0 saturated heterocycles. The van der Waals surface area contributed by atoms with Gasteiger partial charge in [-0.2, -0.15) is 0 Å². The lowest BCUT2D eigenvalue weighted by atomic mass is 9.97. The highest BCUT2D eigenvalue weighted by Crippen LogP contribution is 2.25. The van der Waals surface area contributed by atoms with Gasteiger partial charge < -0.3 is 4.74 Å². The number of halogens is 1. The molecule has 0 spiro atoms. The van der Waals surface area contributed by atoms with Gasteiger partial charge in [0, 0.05) is 16.4 Å². The zero-order chi connectivity index (χ0) is 13.7. The molecule has 102 valence electrons. The van der Waals surface area contributed by atoms with Crippen molar-refractivity contribution in [2.45, 2.75) is 19.8 Å². The second-order valence-electron chi connectivity index (χ2n) is 4.59. The largest absolute Gasteiger partial charge is 0.496 e. The minimum absolute atomic E-state index is 0.566. The van der Waals surface area contributed by atoms with E-state index in [0.717, 1.165) is 28.9 Å². The van der Waals surface area contributed by atoms with Crippen LogP contribution in [-0.2, 0) is 12.8 Å². The minimum Gasteiger partial charge on any atom is -0.496 e. The van der Waals surface area contributed by atoms with E-state index in [1.54, 1.807) is 18.4 Å². The second-order valence-corrected chi connectivity index (χ2v) is 6.55.